The third-order valence-corrected chi connectivity index (χ3v) is 2.88. The van der Waals surface area contributed by atoms with Gasteiger partial charge < -0.3 is 0 Å². The Morgan fingerprint density at radius 3 is 2.62 bits per heavy atom. The number of hydrogen-bond donors (Lipinski definition) is 0. The lowest BCUT2D eigenvalue weighted by Gasteiger charge is -2.11. The van der Waals surface area contributed by atoms with Crippen LogP contribution in [0.3, 0.4) is 0 Å². The van der Waals surface area contributed by atoms with E-state index < -0.39 is 0 Å². The Hall–Kier alpha value is -0.780. The molecule has 0 bridgehead atoms. The highest BCUT2D eigenvalue weighted by Gasteiger charge is 2.23. The van der Waals surface area contributed by atoms with Crippen LogP contribution in [-0.2, 0) is 0 Å². The highest BCUT2D eigenvalue weighted by Crippen LogP contribution is 2.41. The van der Waals surface area contributed by atoms with Gasteiger partial charge in [-0.2, -0.15) is 0 Å². The normalized spacial score (nSPS) is 16.6. The van der Waals surface area contributed by atoms with Crippen LogP contribution < -0.4 is 0 Å². The topological polar surface area (TPSA) is 0 Å². The summed E-state index contributed by atoms with van der Waals surface area (Å²) >= 11 is 0. The standard InChI is InChI=1S/C13H17/c1-9(2)13-8-12(11-6-7-11)5-4-10(13)3/h4-5,8-9,11H,1,6-7H2,2-3H3. The second kappa shape index (κ2) is 3.17. The fraction of sp³-hybridized carbons (Fsp3) is 0.462. The molecule has 1 fully saturated rings. The molecular weight excluding hydrogens is 156 g/mol. The zero-order valence-electron chi connectivity index (χ0n) is 8.51. The molecule has 0 N–H and O–H groups in total. The molecule has 0 heterocycles. The predicted octanol–water partition coefficient (Wildman–Crippen LogP) is 3.81. The molecule has 0 aromatic heterocycles. The Kier molecular flexibility index (Phi) is 2.15. The average Bonchev–Trinajstić information content (AvgIpc) is 2.87. The molecule has 1 aromatic carbocycles. The molecule has 1 unspecified atom stereocenters. The SMILES string of the molecule is [CH2]C(C)c1cc(C2CC2)ccc1C. The maximum atomic E-state index is 4.09. The van der Waals surface area contributed by atoms with Gasteiger partial charge in [0.2, 0.25) is 0 Å². The van der Waals surface area contributed by atoms with Gasteiger partial charge in [0.05, 0.1) is 0 Å². The van der Waals surface area contributed by atoms with Crippen LogP contribution in [0.1, 0.15) is 48.3 Å². The van der Waals surface area contributed by atoms with Crippen molar-refractivity contribution in [2.75, 3.05) is 0 Å². The highest BCUT2D eigenvalue weighted by molar-refractivity contribution is 5.37. The first-order chi connectivity index (χ1) is 6.18. The summed E-state index contributed by atoms with van der Waals surface area (Å²) in [6.45, 7) is 8.43. The Bertz CT molecular complexity index is 306. The maximum absolute atomic E-state index is 4.09. The molecule has 1 aliphatic carbocycles. The van der Waals surface area contributed by atoms with Crippen molar-refractivity contribution in [2.45, 2.75) is 38.5 Å². The Morgan fingerprint density at radius 2 is 2.08 bits per heavy atom. The van der Waals surface area contributed by atoms with Gasteiger partial charge in [0, 0.05) is 0 Å². The largest absolute Gasteiger partial charge is 0.0588 e. The van der Waals surface area contributed by atoms with Crippen molar-refractivity contribution in [1.29, 1.82) is 0 Å². The summed E-state index contributed by atoms with van der Waals surface area (Å²) in [7, 11) is 0. The third-order valence-electron chi connectivity index (χ3n) is 2.88. The quantitative estimate of drug-likeness (QED) is 0.638. The molecular formula is C13H17. The number of benzene rings is 1. The molecule has 0 spiro atoms. The summed E-state index contributed by atoms with van der Waals surface area (Å²) in [4.78, 5) is 0. The van der Waals surface area contributed by atoms with Crippen LogP contribution in [0.15, 0.2) is 18.2 Å². The van der Waals surface area contributed by atoms with E-state index in [4.69, 9.17) is 0 Å². The summed E-state index contributed by atoms with van der Waals surface area (Å²) in [5, 5.41) is 0. The van der Waals surface area contributed by atoms with Gasteiger partial charge in [-0.05, 0) is 55.2 Å². The van der Waals surface area contributed by atoms with E-state index in [1.807, 2.05) is 0 Å². The lowest BCUT2D eigenvalue weighted by Crippen LogP contribution is -1.93. The summed E-state index contributed by atoms with van der Waals surface area (Å²) in [6.07, 6.45) is 2.77. The van der Waals surface area contributed by atoms with E-state index in [0.29, 0.717) is 5.92 Å². The molecule has 1 aromatic rings. The fourth-order valence-electron chi connectivity index (χ4n) is 1.86. The second-order valence-corrected chi connectivity index (χ2v) is 4.29. The van der Waals surface area contributed by atoms with E-state index in [0.717, 1.165) is 5.92 Å². The smallest absolute Gasteiger partial charge is 0.0161 e. The molecule has 1 saturated carbocycles. The molecule has 69 valence electrons. The Morgan fingerprint density at radius 1 is 1.38 bits per heavy atom. The summed E-state index contributed by atoms with van der Waals surface area (Å²) in [6, 6.07) is 6.87. The molecule has 1 aliphatic rings. The van der Waals surface area contributed by atoms with Crippen LogP contribution in [0, 0.1) is 13.8 Å². The van der Waals surface area contributed by atoms with E-state index in [2.05, 4.69) is 39.0 Å². The van der Waals surface area contributed by atoms with Gasteiger partial charge in [-0.15, -0.1) is 0 Å². The molecule has 2 rings (SSSR count). The molecule has 0 aliphatic heterocycles. The van der Waals surface area contributed by atoms with Gasteiger partial charge in [-0.25, -0.2) is 0 Å². The number of hydrogen-bond acceptors (Lipinski definition) is 0. The van der Waals surface area contributed by atoms with Crippen LogP contribution in [0.25, 0.3) is 0 Å². The Balaban J connectivity index is 2.36. The molecule has 13 heavy (non-hydrogen) atoms. The molecule has 1 radical (unpaired) electrons. The summed E-state index contributed by atoms with van der Waals surface area (Å²) < 4.78 is 0. The van der Waals surface area contributed by atoms with Crippen molar-refractivity contribution in [3.63, 3.8) is 0 Å². The van der Waals surface area contributed by atoms with E-state index >= 15 is 0 Å². The molecule has 0 nitrogen and oxygen atoms in total. The van der Waals surface area contributed by atoms with Crippen LogP contribution in [0.2, 0.25) is 0 Å². The zero-order valence-corrected chi connectivity index (χ0v) is 8.51. The van der Waals surface area contributed by atoms with Crippen molar-refractivity contribution < 1.29 is 0 Å². The van der Waals surface area contributed by atoms with Crippen molar-refractivity contribution >= 4 is 0 Å². The molecule has 0 amide bonds. The van der Waals surface area contributed by atoms with Crippen LogP contribution in [-0.4, -0.2) is 0 Å². The molecule has 0 saturated heterocycles. The van der Waals surface area contributed by atoms with Gasteiger partial charge in [0.25, 0.3) is 0 Å². The van der Waals surface area contributed by atoms with Crippen molar-refractivity contribution in [3.05, 3.63) is 41.8 Å². The van der Waals surface area contributed by atoms with Crippen LogP contribution in [0.4, 0.5) is 0 Å². The monoisotopic (exact) mass is 173 g/mol. The summed E-state index contributed by atoms with van der Waals surface area (Å²) in [5.74, 6) is 1.27. The van der Waals surface area contributed by atoms with Gasteiger partial charge in [-0.3, -0.25) is 0 Å². The number of aryl methyl sites for hydroxylation is 1. The second-order valence-electron chi connectivity index (χ2n) is 4.29. The van der Waals surface area contributed by atoms with Crippen LogP contribution >= 0.6 is 0 Å². The zero-order chi connectivity index (χ0) is 9.42. The maximum Gasteiger partial charge on any atom is -0.0161 e. The number of rotatable bonds is 2. The van der Waals surface area contributed by atoms with Gasteiger partial charge in [0.1, 0.15) is 0 Å². The minimum Gasteiger partial charge on any atom is -0.0588 e. The van der Waals surface area contributed by atoms with Gasteiger partial charge in [0.15, 0.2) is 0 Å². The van der Waals surface area contributed by atoms with Crippen LogP contribution in [0.5, 0.6) is 0 Å². The van der Waals surface area contributed by atoms with Crippen molar-refractivity contribution in [1.82, 2.24) is 0 Å². The molecule has 1 atom stereocenters. The summed E-state index contributed by atoms with van der Waals surface area (Å²) in [5.41, 5.74) is 4.33. The highest BCUT2D eigenvalue weighted by atomic mass is 14.3. The first kappa shape index (κ1) is 8.80. The first-order valence-corrected chi connectivity index (χ1v) is 5.12. The lowest BCUT2D eigenvalue weighted by atomic mass is 9.94. The average molecular weight is 173 g/mol. The van der Waals surface area contributed by atoms with Gasteiger partial charge >= 0.3 is 0 Å². The van der Waals surface area contributed by atoms with Gasteiger partial charge in [-0.1, -0.05) is 25.1 Å². The van der Waals surface area contributed by atoms with E-state index in [1.165, 1.54) is 29.5 Å². The third kappa shape index (κ3) is 1.77. The lowest BCUT2D eigenvalue weighted by molar-refractivity contribution is 0.938. The minimum atomic E-state index is 0.415. The van der Waals surface area contributed by atoms with E-state index in [9.17, 15) is 0 Å². The first-order valence-electron chi connectivity index (χ1n) is 5.12. The minimum absolute atomic E-state index is 0.415. The predicted molar refractivity (Wildman–Crippen MR) is 56.9 cm³/mol. The molecule has 0 heteroatoms. The van der Waals surface area contributed by atoms with E-state index in [-0.39, 0.29) is 0 Å². The Labute approximate surface area is 81.0 Å². The fourth-order valence-corrected chi connectivity index (χ4v) is 1.86. The van der Waals surface area contributed by atoms with E-state index in [1.54, 1.807) is 0 Å². The van der Waals surface area contributed by atoms with Crippen molar-refractivity contribution in [2.24, 2.45) is 0 Å². The van der Waals surface area contributed by atoms with Crippen molar-refractivity contribution in [3.8, 4) is 0 Å².